The van der Waals surface area contributed by atoms with Crippen LogP contribution >= 0.6 is 0 Å². The van der Waals surface area contributed by atoms with Crippen LogP contribution in [0.4, 0.5) is 0 Å². The molecule has 0 unspecified atom stereocenters. The fraction of sp³-hybridized carbons (Fsp3) is 0.222. The predicted octanol–water partition coefficient (Wildman–Crippen LogP) is 1.24. The van der Waals surface area contributed by atoms with Gasteiger partial charge in [0.2, 0.25) is 0 Å². The van der Waals surface area contributed by atoms with Gasteiger partial charge < -0.3 is 15.3 Å². The number of carboxylic acid groups (broad SMARTS) is 2. The lowest BCUT2D eigenvalue weighted by Crippen LogP contribution is -2.46. The summed E-state index contributed by atoms with van der Waals surface area (Å²) in [4.78, 5) is 22.8. The van der Waals surface area contributed by atoms with E-state index in [1.807, 2.05) is 0 Å². The molecule has 28 heavy (non-hydrogen) atoms. The monoisotopic (exact) mass is 409 g/mol. The normalized spacial score (nSPS) is 12.6. The van der Waals surface area contributed by atoms with Crippen molar-refractivity contribution in [2.75, 3.05) is 6.54 Å². The molecule has 0 spiro atoms. The van der Waals surface area contributed by atoms with Crippen LogP contribution in [-0.2, 0) is 36.2 Å². The predicted molar refractivity (Wildman–Crippen MR) is 97.7 cm³/mol. The quantitative estimate of drug-likeness (QED) is 0.494. The zero-order valence-corrected chi connectivity index (χ0v) is 15.4. The molecule has 2 aromatic rings. The Bertz CT molecular complexity index is 912. The maximum atomic E-state index is 12.3. The molecule has 0 aromatic heterocycles. The lowest BCUT2D eigenvalue weighted by atomic mass is 10.1. The highest BCUT2D eigenvalue weighted by molar-refractivity contribution is 7.85. The van der Waals surface area contributed by atoms with Crippen LogP contribution in [0.2, 0.25) is 0 Å². The average molecular weight is 409 g/mol. The molecular formula is C18H19NO8S. The van der Waals surface area contributed by atoms with E-state index in [2.05, 4.69) is 0 Å². The summed E-state index contributed by atoms with van der Waals surface area (Å²) in [6.07, 6.45) is -0.232. The number of aromatic hydroxyl groups is 1. The Kier molecular flexibility index (Phi) is 7.10. The Labute approximate surface area is 161 Å². The SMILES string of the molecule is O=C(O)CN(OS(=O)(=O)Cc1ccccc1)[C@@H](Cc1ccc(O)cc1)C(=O)O. The summed E-state index contributed by atoms with van der Waals surface area (Å²) in [7, 11) is -4.30. The Morgan fingerprint density at radius 2 is 1.57 bits per heavy atom. The first-order valence-electron chi connectivity index (χ1n) is 8.11. The third-order valence-electron chi connectivity index (χ3n) is 3.68. The molecule has 0 aliphatic heterocycles. The zero-order chi connectivity index (χ0) is 20.7. The number of nitrogens with zero attached hydrogens (tertiary/aromatic N) is 1. The van der Waals surface area contributed by atoms with Crippen molar-refractivity contribution in [1.29, 1.82) is 0 Å². The molecule has 0 radical (unpaired) electrons. The Balaban J connectivity index is 2.24. The van der Waals surface area contributed by atoms with Crippen molar-refractivity contribution < 1.29 is 37.6 Å². The second-order valence-electron chi connectivity index (χ2n) is 5.96. The Morgan fingerprint density at radius 1 is 0.964 bits per heavy atom. The Morgan fingerprint density at radius 3 is 2.11 bits per heavy atom. The smallest absolute Gasteiger partial charge is 0.323 e. The minimum atomic E-state index is -4.30. The van der Waals surface area contributed by atoms with Gasteiger partial charge in [-0.3, -0.25) is 9.59 Å². The molecule has 0 heterocycles. The first-order valence-corrected chi connectivity index (χ1v) is 9.69. The number of phenolic OH excluding ortho intramolecular Hbond substituents is 1. The average Bonchev–Trinajstić information content (AvgIpc) is 2.60. The van der Waals surface area contributed by atoms with E-state index in [0.29, 0.717) is 16.2 Å². The summed E-state index contributed by atoms with van der Waals surface area (Å²) in [5.41, 5.74) is 0.854. The van der Waals surface area contributed by atoms with Crippen LogP contribution < -0.4 is 0 Å². The van der Waals surface area contributed by atoms with Crippen LogP contribution in [0.15, 0.2) is 54.6 Å². The molecule has 0 saturated heterocycles. The van der Waals surface area contributed by atoms with Gasteiger partial charge in [0, 0.05) is 6.42 Å². The first kappa shape index (κ1) is 21.4. The first-order chi connectivity index (χ1) is 13.2. The van der Waals surface area contributed by atoms with E-state index >= 15 is 0 Å². The van der Waals surface area contributed by atoms with Gasteiger partial charge in [0.15, 0.2) is 0 Å². The van der Waals surface area contributed by atoms with Crippen molar-refractivity contribution in [2.45, 2.75) is 18.2 Å². The molecular weight excluding hydrogens is 390 g/mol. The molecule has 3 N–H and O–H groups in total. The van der Waals surface area contributed by atoms with E-state index in [0.717, 1.165) is 0 Å². The molecule has 0 amide bonds. The van der Waals surface area contributed by atoms with E-state index in [4.69, 9.17) is 9.39 Å². The van der Waals surface area contributed by atoms with Crippen LogP contribution in [0, 0.1) is 0 Å². The molecule has 1 atom stereocenters. The molecule has 150 valence electrons. The maximum absolute atomic E-state index is 12.3. The van der Waals surface area contributed by atoms with Crippen molar-refractivity contribution in [3.8, 4) is 5.75 Å². The van der Waals surface area contributed by atoms with E-state index in [1.54, 1.807) is 30.3 Å². The number of carbonyl (C=O) groups is 2. The van der Waals surface area contributed by atoms with E-state index in [1.165, 1.54) is 24.3 Å². The van der Waals surface area contributed by atoms with Gasteiger partial charge in [0.1, 0.15) is 24.1 Å². The number of aliphatic carboxylic acids is 2. The van der Waals surface area contributed by atoms with Crippen molar-refractivity contribution in [3.05, 3.63) is 65.7 Å². The third-order valence-corrected chi connectivity index (χ3v) is 4.79. The van der Waals surface area contributed by atoms with Gasteiger partial charge in [-0.2, -0.15) is 12.7 Å². The van der Waals surface area contributed by atoms with Crippen LogP contribution in [0.25, 0.3) is 0 Å². The highest BCUT2D eigenvalue weighted by atomic mass is 32.2. The zero-order valence-electron chi connectivity index (χ0n) is 14.6. The molecule has 0 saturated carbocycles. The Hall–Kier alpha value is -2.95. The number of phenols is 1. The van der Waals surface area contributed by atoms with Crippen LogP contribution in [-0.4, -0.2) is 53.3 Å². The molecule has 10 heteroatoms. The van der Waals surface area contributed by atoms with E-state index < -0.39 is 40.4 Å². The van der Waals surface area contributed by atoms with Crippen LogP contribution in [0.1, 0.15) is 11.1 Å². The minimum Gasteiger partial charge on any atom is -0.508 e. The van der Waals surface area contributed by atoms with Crippen molar-refractivity contribution >= 4 is 22.1 Å². The summed E-state index contributed by atoms with van der Waals surface area (Å²) in [6.45, 7) is -0.955. The standard InChI is InChI=1S/C18H19NO8S/c20-15-8-6-13(7-9-15)10-16(18(23)24)19(11-17(21)22)27-28(25,26)12-14-4-2-1-3-5-14/h1-9,16,20H,10-12H2,(H,21,22)(H,23,24)/t16-/m0/s1. The second kappa shape index (κ2) is 9.31. The van der Waals surface area contributed by atoms with Gasteiger partial charge in [-0.15, -0.1) is 5.06 Å². The van der Waals surface area contributed by atoms with Gasteiger partial charge in [-0.05, 0) is 23.3 Å². The summed E-state index contributed by atoms with van der Waals surface area (Å²) >= 11 is 0. The van der Waals surface area contributed by atoms with E-state index in [9.17, 15) is 28.2 Å². The summed E-state index contributed by atoms with van der Waals surface area (Å²) < 4.78 is 29.5. The molecule has 2 rings (SSSR count). The second-order valence-corrected chi connectivity index (χ2v) is 7.51. The highest BCUT2D eigenvalue weighted by Crippen LogP contribution is 2.17. The molecule has 0 aliphatic carbocycles. The van der Waals surface area contributed by atoms with Gasteiger partial charge in [-0.25, -0.2) is 0 Å². The fourth-order valence-electron chi connectivity index (χ4n) is 2.44. The van der Waals surface area contributed by atoms with Gasteiger partial charge in [-0.1, -0.05) is 42.5 Å². The van der Waals surface area contributed by atoms with Crippen LogP contribution in [0.3, 0.4) is 0 Å². The number of hydrogen-bond acceptors (Lipinski definition) is 7. The van der Waals surface area contributed by atoms with Crippen LogP contribution in [0.5, 0.6) is 5.75 Å². The molecule has 2 aromatic carbocycles. The number of hydrogen-bond donors (Lipinski definition) is 3. The summed E-state index contributed by atoms with van der Waals surface area (Å²) in [6, 6.07) is 12.0. The molecule has 0 aliphatic rings. The van der Waals surface area contributed by atoms with Crippen molar-refractivity contribution in [3.63, 3.8) is 0 Å². The largest absolute Gasteiger partial charge is 0.508 e. The van der Waals surface area contributed by atoms with Gasteiger partial charge in [0.25, 0.3) is 10.1 Å². The van der Waals surface area contributed by atoms with Gasteiger partial charge in [0.05, 0.1) is 0 Å². The number of rotatable bonds is 10. The van der Waals surface area contributed by atoms with E-state index in [-0.39, 0.29) is 12.2 Å². The van der Waals surface area contributed by atoms with Crippen molar-refractivity contribution in [2.24, 2.45) is 0 Å². The lowest BCUT2D eigenvalue weighted by molar-refractivity contribution is -0.166. The lowest BCUT2D eigenvalue weighted by Gasteiger charge is -2.25. The molecule has 0 bridgehead atoms. The summed E-state index contributed by atoms with van der Waals surface area (Å²) in [5.74, 6) is -3.48. The number of hydroxylamine groups is 2. The number of carboxylic acids is 2. The number of benzene rings is 2. The molecule has 9 nitrogen and oxygen atoms in total. The molecule has 0 fully saturated rings. The van der Waals surface area contributed by atoms with Gasteiger partial charge >= 0.3 is 11.9 Å². The van der Waals surface area contributed by atoms with Crippen molar-refractivity contribution in [1.82, 2.24) is 5.06 Å². The maximum Gasteiger partial charge on any atom is 0.323 e. The minimum absolute atomic E-state index is 0.0281. The third kappa shape index (κ3) is 6.65. The fourth-order valence-corrected chi connectivity index (χ4v) is 3.54. The highest BCUT2D eigenvalue weighted by Gasteiger charge is 2.32. The topological polar surface area (TPSA) is 141 Å². The summed E-state index contributed by atoms with van der Waals surface area (Å²) in [5, 5.41) is 28.3.